The number of amides is 1. The zero-order valence-corrected chi connectivity index (χ0v) is 17.9. The molecule has 3 aromatic heterocycles. The Morgan fingerprint density at radius 3 is 2.94 bits per heavy atom. The van der Waals surface area contributed by atoms with E-state index >= 15 is 0 Å². The second-order valence-electron chi connectivity index (χ2n) is 6.69. The van der Waals surface area contributed by atoms with Crippen LogP contribution in [0.25, 0.3) is 5.65 Å². The number of fused-ring (bicyclic) bond motifs is 1. The highest BCUT2D eigenvalue weighted by molar-refractivity contribution is 6.30. The van der Waals surface area contributed by atoms with Gasteiger partial charge in [0.05, 0.1) is 19.3 Å². The molecule has 0 bridgehead atoms. The van der Waals surface area contributed by atoms with Crippen molar-refractivity contribution in [3.05, 3.63) is 64.8 Å². The van der Waals surface area contributed by atoms with Gasteiger partial charge in [-0.25, -0.2) is 9.97 Å². The first-order valence-corrected chi connectivity index (χ1v) is 10.2. The predicted octanol–water partition coefficient (Wildman–Crippen LogP) is 1.56. The number of aromatic nitrogens is 6. The number of hydrogen-bond donors (Lipinski definition) is 4. The molecular weight excluding hydrogens is 446 g/mol. The number of rotatable bonds is 6. The maximum atomic E-state index is 12.6. The van der Waals surface area contributed by atoms with Crippen molar-refractivity contribution >= 4 is 40.5 Å². The van der Waals surface area contributed by atoms with Crippen molar-refractivity contribution in [3.63, 3.8) is 0 Å². The Labute approximate surface area is 193 Å². The van der Waals surface area contributed by atoms with Gasteiger partial charge in [-0.05, 0) is 36.3 Å². The highest BCUT2D eigenvalue weighted by Crippen LogP contribution is 2.19. The summed E-state index contributed by atoms with van der Waals surface area (Å²) in [5, 5.41) is 27.9. The molecule has 11 nitrogen and oxygen atoms in total. The minimum absolute atomic E-state index is 0.0230. The molecule has 0 saturated heterocycles. The van der Waals surface area contributed by atoms with Gasteiger partial charge in [0.2, 0.25) is 0 Å². The standard InChI is InChI=1S/C21H18ClN9O2/c22-13-4-3-6-14(10-13)26-16-7-8-17-28-29-18(31(17)30-16)12-25-21(33)19-20(23)24-11-15(27-19)5-1-2-9-32/h3-4,6-8,10-11,32H,2,9,12H2,(H2,23,24)(H,25,33)(H,26,30). The quantitative estimate of drug-likeness (QED) is 0.311. The summed E-state index contributed by atoms with van der Waals surface area (Å²) in [5.41, 5.74) is 7.30. The van der Waals surface area contributed by atoms with Gasteiger partial charge in [-0.15, -0.1) is 15.3 Å². The molecule has 0 aliphatic rings. The summed E-state index contributed by atoms with van der Waals surface area (Å²) in [4.78, 5) is 20.7. The molecule has 0 aliphatic carbocycles. The number of carbonyl (C=O) groups is 1. The molecule has 0 aliphatic heterocycles. The molecule has 5 N–H and O–H groups in total. The largest absolute Gasteiger partial charge is 0.395 e. The van der Waals surface area contributed by atoms with Gasteiger partial charge in [-0.1, -0.05) is 23.6 Å². The molecule has 12 heteroatoms. The Kier molecular flexibility index (Phi) is 6.58. The molecule has 0 fully saturated rings. The van der Waals surface area contributed by atoms with Gasteiger partial charge in [0, 0.05) is 17.1 Å². The van der Waals surface area contributed by atoms with Crippen LogP contribution in [0.2, 0.25) is 5.02 Å². The van der Waals surface area contributed by atoms with Crippen molar-refractivity contribution in [2.45, 2.75) is 13.0 Å². The lowest BCUT2D eigenvalue weighted by atomic mass is 10.3. The van der Waals surface area contributed by atoms with Gasteiger partial charge in [0.1, 0.15) is 5.69 Å². The Morgan fingerprint density at radius 2 is 2.12 bits per heavy atom. The zero-order valence-electron chi connectivity index (χ0n) is 17.2. The minimum Gasteiger partial charge on any atom is -0.395 e. The molecule has 3 heterocycles. The summed E-state index contributed by atoms with van der Waals surface area (Å²) in [7, 11) is 0. The number of aliphatic hydroxyl groups excluding tert-OH is 1. The van der Waals surface area contributed by atoms with Crippen LogP contribution in [0.15, 0.2) is 42.6 Å². The van der Waals surface area contributed by atoms with E-state index in [4.69, 9.17) is 22.4 Å². The molecule has 4 rings (SSSR count). The molecule has 1 aromatic carbocycles. The van der Waals surface area contributed by atoms with Crippen molar-refractivity contribution < 1.29 is 9.90 Å². The number of nitrogens with zero attached hydrogens (tertiary/aromatic N) is 6. The molecule has 0 unspecified atom stereocenters. The van der Waals surface area contributed by atoms with Crippen LogP contribution in [0.4, 0.5) is 17.3 Å². The van der Waals surface area contributed by atoms with Crippen LogP contribution in [-0.4, -0.2) is 47.4 Å². The van der Waals surface area contributed by atoms with Gasteiger partial charge in [0.15, 0.2) is 28.8 Å². The average molecular weight is 464 g/mol. The number of carbonyl (C=O) groups excluding carboxylic acids is 1. The number of anilines is 3. The molecule has 166 valence electrons. The highest BCUT2D eigenvalue weighted by Gasteiger charge is 2.15. The van der Waals surface area contributed by atoms with Gasteiger partial charge in [-0.2, -0.15) is 4.52 Å². The maximum absolute atomic E-state index is 12.6. The first-order valence-electron chi connectivity index (χ1n) is 9.78. The van der Waals surface area contributed by atoms with E-state index in [0.717, 1.165) is 5.69 Å². The average Bonchev–Trinajstić information content (AvgIpc) is 3.21. The summed E-state index contributed by atoms with van der Waals surface area (Å²) in [6.07, 6.45) is 1.65. The molecule has 33 heavy (non-hydrogen) atoms. The van der Waals surface area contributed by atoms with Crippen LogP contribution in [0.1, 0.15) is 28.4 Å². The van der Waals surface area contributed by atoms with E-state index in [0.29, 0.717) is 22.3 Å². The third kappa shape index (κ3) is 5.32. The first kappa shape index (κ1) is 21.9. The third-order valence-electron chi connectivity index (χ3n) is 4.30. The van der Waals surface area contributed by atoms with E-state index in [1.54, 1.807) is 24.3 Å². The fourth-order valence-corrected chi connectivity index (χ4v) is 2.99. The fraction of sp³-hybridized carbons (Fsp3) is 0.143. The molecule has 1 amide bonds. The number of aliphatic hydroxyl groups is 1. The van der Waals surface area contributed by atoms with Gasteiger partial charge in [0.25, 0.3) is 5.91 Å². The maximum Gasteiger partial charge on any atom is 0.274 e. The van der Waals surface area contributed by atoms with Crippen molar-refractivity contribution in [2.24, 2.45) is 0 Å². The second-order valence-corrected chi connectivity index (χ2v) is 7.12. The highest BCUT2D eigenvalue weighted by atomic mass is 35.5. The number of benzene rings is 1. The second kappa shape index (κ2) is 9.90. The zero-order chi connectivity index (χ0) is 23.2. The molecule has 0 radical (unpaired) electrons. The Hall–Kier alpha value is -4.27. The Bertz CT molecular complexity index is 1380. The van der Waals surface area contributed by atoms with Crippen LogP contribution in [-0.2, 0) is 6.54 Å². The molecule has 0 spiro atoms. The van der Waals surface area contributed by atoms with Gasteiger partial charge in [-0.3, -0.25) is 4.79 Å². The van der Waals surface area contributed by atoms with Gasteiger partial charge < -0.3 is 21.5 Å². The van der Waals surface area contributed by atoms with E-state index < -0.39 is 5.91 Å². The van der Waals surface area contributed by atoms with Crippen molar-refractivity contribution in [1.29, 1.82) is 0 Å². The van der Waals surface area contributed by atoms with Crippen molar-refractivity contribution in [3.8, 4) is 11.8 Å². The Balaban J connectivity index is 1.50. The number of hydrogen-bond acceptors (Lipinski definition) is 9. The Morgan fingerprint density at radius 1 is 1.24 bits per heavy atom. The van der Waals surface area contributed by atoms with E-state index in [2.05, 4.69) is 47.7 Å². The smallest absolute Gasteiger partial charge is 0.274 e. The summed E-state index contributed by atoms with van der Waals surface area (Å²) < 4.78 is 1.51. The molecule has 4 aromatic rings. The number of halogens is 1. The SMILES string of the molecule is Nc1ncc(C#CCCO)nc1C(=O)NCc1nnc2ccc(Nc3cccc(Cl)c3)nn12. The number of nitrogen functional groups attached to an aromatic ring is 1. The molecule has 0 saturated carbocycles. The molecule has 0 atom stereocenters. The monoisotopic (exact) mass is 463 g/mol. The fourth-order valence-electron chi connectivity index (χ4n) is 2.80. The minimum atomic E-state index is -0.546. The van der Waals surface area contributed by atoms with Gasteiger partial charge >= 0.3 is 0 Å². The van der Waals surface area contributed by atoms with Crippen LogP contribution >= 0.6 is 11.6 Å². The lowest BCUT2D eigenvalue weighted by molar-refractivity contribution is 0.0945. The predicted molar refractivity (Wildman–Crippen MR) is 122 cm³/mol. The summed E-state index contributed by atoms with van der Waals surface area (Å²) >= 11 is 6.03. The molecular formula is C21H18ClN9O2. The topological polar surface area (TPSA) is 156 Å². The van der Waals surface area contributed by atoms with Crippen LogP contribution in [0.3, 0.4) is 0 Å². The lowest BCUT2D eigenvalue weighted by Gasteiger charge is -2.08. The van der Waals surface area contributed by atoms with Crippen LogP contribution in [0, 0.1) is 11.8 Å². The van der Waals surface area contributed by atoms with E-state index in [-0.39, 0.29) is 36.8 Å². The third-order valence-corrected chi connectivity index (χ3v) is 4.54. The normalized spacial score (nSPS) is 10.5. The van der Waals surface area contributed by atoms with E-state index in [9.17, 15) is 4.79 Å². The number of nitrogens with one attached hydrogen (secondary N) is 2. The number of nitrogens with two attached hydrogens (primary N) is 1. The van der Waals surface area contributed by atoms with E-state index in [1.807, 2.05) is 12.1 Å². The lowest BCUT2D eigenvalue weighted by Crippen LogP contribution is -2.26. The summed E-state index contributed by atoms with van der Waals surface area (Å²) in [6.45, 7) is -0.0471. The van der Waals surface area contributed by atoms with Crippen molar-refractivity contribution in [1.82, 2.24) is 35.1 Å². The van der Waals surface area contributed by atoms with Crippen LogP contribution < -0.4 is 16.4 Å². The van der Waals surface area contributed by atoms with Crippen LogP contribution in [0.5, 0.6) is 0 Å². The summed E-state index contributed by atoms with van der Waals surface area (Å²) in [6, 6.07) is 10.7. The summed E-state index contributed by atoms with van der Waals surface area (Å²) in [5.74, 6) is 5.81. The van der Waals surface area contributed by atoms with E-state index in [1.165, 1.54) is 10.7 Å². The van der Waals surface area contributed by atoms with Crippen molar-refractivity contribution in [2.75, 3.05) is 17.7 Å². The first-order chi connectivity index (χ1) is 16.0.